The first-order chi connectivity index (χ1) is 8.70. The minimum Gasteiger partial charge on any atom is -0.398 e. The van der Waals surface area contributed by atoms with E-state index in [1.54, 1.807) is 18.5 Å². The normalized spacial score (nSPS) is 12.3. The quantitative estimate of drug-likeness (QED) is 0.582. The van der Waals surface area contributed by atoms with Crippen molar-refractivity contribution in [2.45, 2.75) is 12.5 Å². The van der Waals surface area contributed by atoms with Crippen LogP contribution in [-0.2, 0) is 6.42 Å². The molecule has 0 aliphatic heterocycles. The number of rotatable bonds is 4. The van der Waals surface area contributed by atoms with Gasteiger partial charge in [0.05, 0.1) is 6.04 Å². The van der Waals surface area contributed by atoms with Crippen molar-refractivity contribution in [3.8, 4) is 0 Å². The Morgan fingerprint density at radius 2 is 1.94 bits per heavy atom. The van der Waals surface area contributed by atoms with Crippen LogP contribution in [0.1, 0.15) is 17.2 Å². The Morgan fingerprint density at radius 3 is 2.56 bits per heavy atom. The Labute approximate surface area is 111 Å². The van der Waals surface area contributed by atoms with E-state index in [2.05, 4.69) is 10.4 Å². The van der Waals surface area contributed by atoms with E-state index in [9.17, 15) is 0 Å². The molecule has 1 atom stereocenters. The molecule has 0 saturated carbocycles. The molecule has 0 aliphatic rings. The maximum Gasteiger partial charge on any atom is 0.0535 e. The minimum absolute atomic E-state index is 0.0696. The summed E-state index contributed by atoms with van der Waals surface area (Å²) in [4.78, 5) is 4.07. The monoisotopic (exact) mass is 262 g/mol. The van der Waals surface area contributed by atoms with Gasteiger partial charge >= 0.3 is 0 Å². The lowest BCUT2D eigenvalue weighted by Gasteiger charge is -2.17. The number of aromatic nitrogens is 1. The first-order valence-electron chi connectivity index (χ1n) is 5.60. The largest absolute Gasteiger partial charge is 0.398 e. The molecule has 0 aliphatic carbocycles. The average molecular weight is 263 g/mol. The van der Waals surface area contributed by atoms with Gasteiger partial charge in [0.1, 0.15) is 0 Å². The number of hydrogen-bond acceptors (Lipinski definition) is 4. The molecular weight excluding hydrogens is 248 g/mol. The third-order valence-corrected chi connectivity index (χ3v) is 3.07. The molecule has 2 aromatic rings. The fourth-order valence-electron chi connectivity index (χ4n) is 1.82. The van der Waals surface area contributed by atoms with E-state index < -0.39 is 0 Å². The highest BCUT2D eigenvalue weighted by atomic mass is 35.5. The van der Waals surface area contributed by atoms with E-state index in [0.29, 0.717) is 5.69 Å². The third-order valence-electron chi connectivity index (χ3n) is 2.82. The van der Waals surface area contributed by atoms with Gasteiger partial charge in [-0.05, 0) is 30.2 Å². The van der Waals surface area contributed by atoms with Gasteiger partial charge in [-0.15, -0.1) is 0 Å². The number of nitrogens with one attached hydrogen (secondary N) is 1. The number of anilines is 1. The zero-order valence-electron chi connectivity index (χ0n) is 9.81. The number of halogens is 1. The summed E-state index contributed by atoms with van der Waals surface area (Å²) in [5.74, 6) is 5.59. The molecule has 0 amide bonds. The SMILES string of the molecule is NNC(Cc1ccc(Cl)cc1)c1cnccc1N. The molecule has 0 spiro atoms. The van der Waals surface area contributed by atoms with Crippen LogP contribution in [0.2, 0.25) is 5.02 Å². The zero-order valence-corrected chi connectivity index (χ0v) is 10.6. The van der Waals surface area contributed by atoms with Crippen LogP contribution < -0.4 is 17.0 Å². The Morgan fingerprint density at radius 1 is 1.22 bits per heavy atom. The second kappa shape index (κ2) is 5.82. The molecule has 2 rings (SSSR count). The number of pyridine rings is 1. The van der Waals surface area contributed by atoms with Crippen LogP contribution in [-0.4, -0.2) is 4.98 Å². The summed E-state index contributed by atoms with van der Waals surface area (Å²) in [6.07, 6.45) is 4.12. The number of hydrogen-bond donors (Lipinski definition) is 3. The molecule has 1 aromatic carbocycles. The average Bonchev–Trinajstić information content (AvgIpc) is 2.39. The van der Waals surface area contributed by atoms with E-state index >= 15 is 0 Å². The van der Waals surface area contributed by atoms with Gasteiger partial charge in [-0.3, -0.25) is 16.3 Å². The molecule has 1 unspecified atom stereocenters. The molecule has 1 aromatic heterocycles. The van der Waals surface area contributed by atoms with Crippen LogP contribution in [0, 0.1) is 0 Å². The van der Waals surface area contributed by atoms with Crippen LogP contribution >= 0.6 is 11.6 Å². The third kappa shape index (κ3) is 2.98. The molecule has 0 radical (unpaired) electrons. The van der Waals surface area contributed by atoms with Crippen LogP contribution in [0.15, 0.2) is 42.7 Å². The molecule has 0 bridgehead atoms. The summed E-state index contributed by atoms with van der Waals surface area (Å²) in [5.41, 5.74) is 11.4. The van der Waals surface area contributed by atoms with Crippen LogP contribution in [0.4, 0.5) is 5.69 Å². The fourth-order valence-corrected chi connectivity index (χ4v) is 1.95. The molecule has 1 heterocycles. The Hall–Kier alpha value is -1.62. The van der Waals surface area contributed by atoms with Crippen molar-refractivity contribution in [1.29, 1.82) is 0 Å². The van der Waals surface area contributed by atoms with E-state index in [0.717, 1.165) is 22.6 Å². The van der Waals surface area contributed by atoms with E-state index in [1.165, 1.54) is 0 Å². The Bertz CT molecular complexity index is 513. The van der Waals surface area contributed by atoms with Gasteiger partial charge in [-0.25, -0.2) is 0 Å². The van der Waals surface area contributed by atoms with Crippen LogP contribution in [0.3, 0.4) is 0 Å². The lowest BCUT2D eigenvalue weighted by atomic mass is 10.00. The fraction of sp³-hybridized carbons (Fsp3) is 0.154. The summed E-state index contributed by atoms with van der Waals surface area (Å²) >= 11 is 5.85. The summed E-state index contributed by atoms with van der Waals surface area (Å²) in [7, 11) is 0. The van der Waals surface area contributed by atoms with Gasteiger partial charge in [-0.2, -0.15) is 0 Å². The van der Waals surface area contributed by atoms with E-state index in [1.807, 2.05) is 24.3 Å². The predicted molar refractivity (Wildman–Crippen MR) is 73.9 cm³/mol. The number of nitrogens with zero attached hydrogens (tertiary/aromatic N) is 1. The molecule has 0 fully saturated rings. The van der Waals surface area contributed by atoms with E-state index in [4.69, 9.17) is 23.2 Å². The predicted octanol–water partition coefficient (Wildman–Crippen LogP) is 2.06. The number of benzene rings is 1. The zero-order chi connectivity index (χ0) is 13.0. The van der Waals surface area contributed by atoms with Crippen molar-refractivity contribution < 1.29 is 0 Å². The lowest BCUT2D eigenvalue weighted by Crippen LogP contribution is -2.30. The molecular formula is C13H15ClN4. The molecule has 4 nitrogen and oxygen atoms in total. The molecule has 94 valence electrons. The Kier molecular flexibility index (Phi) is 4.15. The lowest BCUT2D eigenvalue weighted by molar-refractivity contribution is 0.552. The van der Waals surface area contributed by atoms with Crippen molar-refractivity contribution in [3.63, 3.8) is 0 Å². The van der Waals surface area contributed by atoms with Crippen molar-refractivity contribution in [2.24, 2.45) is 5.84 Å². The first-order valence-corrected chi connectivity index (χ1v) is 5.98. The van der Waals surface area contributed by atoms with Gasteiger partial charge in [0, 0.05) is 28.7 Å². The van der Waals surface area contributed by atoms with Crippen molar-refractivity contribution in [3.05, 3.63) is 58.9 Å². The Balaban J connectivity index is 2.20. The van der Waals surface area contributed by atoms with Crippen LogP contribution in [0.25, 0.3) is 0 Å². The van der Waals surface area contributed by atoms with Gasteiger partial charge in [0.15, 0.2) is 0 Å². The highest BCUT2D eigenvalue weighted by Crippen LogP contribution is 2.22. The van der Waals surface area contributed by atoms with Crippen molar-refractivity contribution in [1.82, 2.24) is 10.4 Å². The molecule has 5 N–H and O–H groups in total. The van der Waals surface area contributed by atoms with E-state index in [-0.39, 0.29) is 6.04 Å². The number of hydrazine groups is 1. The van der Waals surface area contributed by atoms with Crippen LogP contribution in [0.5, 0.6) is 0 Å². The van der Waals surface area contributed by atoms with Gasteiger partial charge in [0.2, 0.25) is 0 Å². The molecule has 5 heteroatoms. The summed E-state index contributed by atoms with van der Waals surface area (Å²) < 4.78 is 0. The molecule has 18 heavy (non-hydrogen) atoms. The van der Waals surface area contributed by atoms with Crippen molar-refractivity contribution >= 4 is 17.3 Å². The van der Waals surface area contributed by atoms with Gasteiger partial charge < -0.3 is 5.73 Å². The number of nitrogen functional groups attached to an aromatic ring is 1. The summed E-state index contributed by atoms with van der Waals surface area (Å²) in [5, 5.41) is 0.719. The maximum absolute atomic E-state index is 5.92. The summed E-state index contributed by atoms with van der Waals surface area (Å²) in [6, 6.07) is 9.36. The maximum atomic E-state index is 5.92. The second-order valence-electron chi connectivity index (χ2n) is 4.05. The van der Waals surface area contributed by atoms with Crippen molar-refractivity contribution in [2.75, 3.05) is 5.73 Å². The van der Waals surface area contributed by atoms with Gasteiger partial charge in [0.25, 0.3) is 0 Å². The topological polar surface area (TPSA) is 77.0 Å². The molecule has 0 saturated heterocycles. The smallest absolute Gasteiger partial charge is 0.0535 e. The summed E-state index contributed by atoms with van der Waals surface area (Å²) in [6.45, 7) is 0. The highest BCUT2D eigenvalue weighted by molar-refractivity contribution is 6.30. The highest BCUT2D eigenvalue weighted by Gasteiger charge is 2.13. The minimum atomic E-state index is -0.0696. The standard InChI is InChI=1S/C13H15ClN4/c14-10-3-1-9(2-4-10)7-13(18-16)11-8-17-6-5-12(11)15/h1-6,8,13,18H,7,16H2,(H2,15,17). The van der Waals surface area contributed by atoms with Gasteiger partial charge in [-0.1, -0.05) is 23.7 Å². The first kappa shape index (κ1) is 12.8. The second-order valence-corrected chi connectivity index (χ2v) is 4.49. The number of nitrogens with two attached hydrogens (primary N) is 2.